The smallest absolute Gasteiger partial charge is 0.328 e. The van der Waals surface area contributed by atoms with Crippen molar-refractivity contribution in [2.75, 3.05) is 13.1 Å². The SMILES string of the molecule is Cc1csc(=O)n1CC(=O)N1CC(=O)NCC1C(=O)O. The third kappa shape index (κ3) is 2.72. The Morgan fingerprint density at radius 2 is 2.20 bits per heavy atom. The van der Waals surface area contributed by atoms with Gasteiger partial charge < -0.3 is 15.3 Å². The van der Waals surface area contributed by atoms with Crippen LogP contribution in [0.25, 0.3) is 0 Å². The molecule has 108 valence electrons. The first kappa shape index (κ1) is 14.3. The van der Waals surface area contributed by atoms with Gasteiger partial charge in [-0.2, -0.15) is 0 Å². The molecule has 2 N–H and O–H groups in total. The van der Waals surface area contributed by atoms with Crippen LogP contribution in [0.3, 0.4) is 0 Å². The zero-order valence-electron chi connectivity index (χ0n) is 10.7. The Labute approximate surface area is 117 Å². The van der Waals surface area contributed by atoms with Crippen LogP contribution in [0.4, 0.5) is 0 Å². The van der Waals surface area contributed by atoms with Crippen molar-refractivity contribution in [2.45, 2.75) is 19.5 Å². The molecular formula is C11H13N3O5S. The lowest BCUT2D eigenvalue weighted by molar-refractivity contribution is -0.154. The molecule has 20 heavy (non-hydrogen) atoms. The number of carboxylic acids is 1. The molecule has 1 atom stereocenters. The molecule has 2 amide bonds. The number of aromatic nitrogens is 1. The number of nitrogens with zero attached hydrogens (tertiary/aromatic N) is 2. The van der Waals surface area contributed by atoms with Gasteiger partial charge in [0.05, 0.1) is 0 Å². The van der Waals surface area contributed by atoms with E-state index >= 15 is 0 Å². The average molecular weight is 299 g/mol. The second-order valence-corrected chi connectivity index (χ2v) is 5.23. The van der Waals surface area contributed by atoms with Crippen LogP contribution >= 0.6 is 11.3 Å². The number of rotatable bonds is 3. The standard InChI is InChI=1S/C11H13N3O5S/c1-6-5-20-11(19)13(6)4-9(16)14-3-8(15)12-2-7(14)10(17)18/h5,7H,2-4H2,1H3,(H,12,15)(H,17,18). The molecule has 1 saturated heterocycles. The predicted octanol–water partition coefficient (Wildman–Crippen LogP) is -1.37. The fourth-order valence-corrected chi connectivity index (χ4v) is 2.68. The van der Waals surface area contributed by atoms with Crippen LogP contribution in [0.5, 0.6) is 0 Å². The van der Waals surface area contributed by atoms with Crippen molar-refractivity contribution >= 4 is 29.1 Å². The molecule has 1 unspecified atom stereocenters. The maximum atomic E-state index is 12.2. The van der Waals surface area contributed by atoms with Gasteiger partial charge >= 0.3 is 10.8 Å². The van der Waals surface area contributed by atoms with E-state index in [2.05, 4.69) is 5.32 Å². The molecule has 0 spiro atoms. The Morgan fingerprint density at radius 1 is 1.50 bits per heavy atom. The summed E-state index contributed by atoms with van der Waals surface area (Å²) in [5.74, 6) is -2.16. The maximum absolute atomic E-state index is 12.2. The fraction of sp³-hybridized carbons (Fsp3) is 0.455. The topological polar surface area (TPSA) is 109 Å². The summed E-state index contributed by atoms with van der Waals surface area (Å²) in [6.07, 6.45) is 0. The summed E-state index contributed by atoms with van der Waals surface area (Å²) >= 11 is 0.968. The summed E-state index contributed by atoms with van der Waals surface area (Å²) in [5.41, 5.74) is 0.627. The number of aryl methyl sites for hydroxylation is 1. The van der Waals surface area contributed by atoms with Gasteiger partial charge in [0.25, 0.3) is 0 Å². The molecule has 0 saturated carbocycles. The van der Waals surface area contributed by atoms with Gasteiger partial charge in [0.1, 0.15) is 19.1 Å². The lowest BCUT2D eigenvalue weighted by Gasteiger charge is -2.32. The quantitative estimate of drug-likeness (QED) is 0.716. The number of hydrogen-bond donors (Lipinski definition) is 2. The van der Waals surface area contributed by atoms with Gasteiger partial charge in [-0.05, 0) is 6.92 Å². The number of thiazole rings is 1. The van der Waals surface area contributed by atoms with Crippen molar-refractivity contribution in [3.05, 3.63) is 20.7 Å². The van der Waals surface area contributed by atoms with E-state index in [0.29, 0.717) is 5.69 Å². The number of hydrogen-bond acceptors (Lipinski definition) is 5. The highest BCUT2D eigenvalue weighted by atomic mass is 32.1. The van der Waals surface area contributed by atoms with Crippen LogP contribution in [-0.4, -0.2) is 51.5 Å². The van der Waals surface area contributed by atoms with E-state index in [1.54, 1.807) is 12.3 Å². The van der Waals surface area contributed by atoms with E-state index in [9.17, 15) is 19.2 Å². The first-order valence-electron chi connectivity index (χ1n) is 5.84. The normalized spacial score (nSPS) is 18.8. The van der Waals surface area contributed by atoms with Crippen LogP contribution in [-0.2, 0) is 20.9 Å². The van der Waals surface area contributed by atoms with Crippen molar-refractivity contribution in [3.63, 3.8) is 0 Å². The third-order valence-electron chi connectivity index (χ3n) is 3.06. The van der Waals surface area contributed by atoms with E-state index in [0.717, 1.165) is 16.2 Å². The Morgan fingerprint density at radius 3 is 2.75 bits per heavy atom. The molecule has 9 heteroatoms. The molecule has 1 aliphatic heterocycles. The maximum Gasteiger partial charge on any atom is 0.328 e. The lowest BCUT2D eigenvalue weighted by Crippen LogP contribution is -2.60. The van der Waals surface area contributed by atoms with Gasteiger partial charge in [0.15, 0.2) is 0 Å². The lowest BCUT2D eigenvalue weighted by atomic mass is 10.2. The molecular weight excluding hydrogens is 286 g/mol. The van der Waals surface area contributed by atoms with E-state index in [1.807, 2.05) is 0 Å². The minimum absolute atomic E-state index is 0.128. The summed E-state index contributed by atoms with van der Waals surface area (Å²) in [5, 5.41) is 13.1. The van der Waals surface area contributed by atoms with Gasteiger partial charge in [0, 0.05) is 17.6 Å². The van der Waals surface area contributed by atoms with Gasteiger partial charge in [-0.15, -0.1) is 0 Å². The van der Waals surface area contributed by atoms with Crippen molar-refractivity contribution < 1.29 is 19.5 Å². The monoisotopic (exact) mass is 299 g/mol. The molecule has 0 aromatic carbocycles. The van der Waals surface area contributed by atoms with Crippen LogP contribution in [0.1, 0.15) is 5.69 Å². The highest BCUT2D eigenvalue weighted by Crippen LogP contribution is 2.07. The summed E-state index contributed by atoms with van der Waals surface area (Å²) < 4.78 is 1.26. The molecule has 1 aromatic heterocycles. The van der Waals surface area contributed by atoms with E-state index < -0.39 is 23.8 Å². The summed E-state index contributed by atoms with van der Waals surface area (Å²) in [6.45, 7) is 0.985. The zero-order chi connectivity index (χ0) is 14.9. The van der Waals surface area contributed by atoms with Crippen molar-refractivity contribution in [1.29, 1.82) is 0 Å². The highest BCUT2D eigenvalue weighted by Gasteiger charge is 2.35. The zero-order valence-corrected chi connectivity index (χ0v) is 11.5. The molecule has 1 aliphatic rings. The largest absolute Gasteiger partial charge is 0.480 e. The second kappa shape index (κ2) is 5.45. The van der Waals surface area contributed by atoms with Crippen LogP contribution < -0.4 is 10.2 Å². The van der Waals surface area contributed by atoms with Gasteiger partial charge in [-0.3, -0.25) is 19.0 Å². The van der Waals surface area contributed by atoms with Crippen LogP contribution in [0.2, 0.25) is 0 Å². The fourth-order valence-electron chi connectivity index (χ4n) is 1.95. The summed E-state index contributed by atoms with van der Waals surface area (Å²) in [6, 6.07) is -1.10. The van der Waals surface area contributed by atoms with Crippen LogP contribution in [0.15, 0.2) is 10.2 Å². The van der Waals surface area contributed by atoms with Crippen molar-refractivity contribution in [1.82, 2.24) is 14.8 Å². The third-order valence-corrected chi connectivity index (χ3v) is 3.94. The first-order chi connectivity index (χ1) is 9.40. The minimum atomic E-state index is -1.19. The van der Waals surface area contributed by atoms with Crippen molar-refractivity contribution in [3.8, 4) is 0 Å². The molecule has 1 aromatic rings. The van der Waals surface area contributed by atoms with E-state index in [-0.39, 0.29) is 24.5 Å². The van der Waals surface area contributed by atoms with Gasteiger partial charge in [-0.1, -0.05) is 11.3 Å². The molecule has 8 nitrogen and oxygen atoms in total. The second-order valence-electron chi connectivity index (χ2n) is 4.41. The summed E-state index contributed by atoms with van der Waals surface area (Å²) in [7, 11) is 0. The van der Waals surface area contributed by atoms with Gasteiger partial charge in [0.2, 0.25) is 11.8 Å². The molecule has 2 rings (SSSR count). The highest BCUT2D eigenvalue weighted by molar-refractivity contribution is 7.07. The molecule has 2 heterocycles. The Hall–Kier alpha value is -2.16. The minimum Gasteiger partial charge on any atom is -0.480 e. The number of aliphatic carboxylic acids is 1. The number of piperazine rings is 1. The number of carbonyl (C=O) groups excluding carboxylic acids is 2. The Balaban J connectivity index is 2.19. The number of carbonyl (C=O) groups is 3. The number of carboxylic acid groups (broad SMARTS) is 1. The summed E-state index contributed by atoms with van der Waals surface area (Å²) in [4.78, 5) is 46.8. The number of nitrogens with one attached hydrogen (secondary N) is 1. The molecule has 1 fully saturated rings. The van der Waals surface area contributed by atoms with Gasteiger partial charge in [-0.25, -0.2) is 4.79 Å². The first-order valence-corrected chi connectivity index (χ1v) is 6.72. The molecule has 0 bridgehead atoms. The Bertz CT molecular complexity index is 620. The Kier molecular flexibility index (Phi) is 3.89. The average Bonchev–Trinajstić information content (AvgIpc) is 2.70. The van der Waals surface area contributed by atoms with Crippen LogP contribution in [0, 0.1) is 6.92 Å². The van der Waals surface area contributed by atoms with Crippen molar-refractivity contribution in [2.24, 2.45) is 0 Å². The van der Waals surface area contributed by atoms with E-state index in [1.165, 1.54) is 4.57 Å². The number of amides is 2. The molecule has 0 aliphatic carbocycles. The predicted molar refractivity (Wildman–Crippen MR) is 69.5 cm³/mol. The van der Waals surface area contributed by atoms with E-state index in [4.69, 9.17) is 5.11 Å². The molecule has 0 radical (unpaired) electrons.